The Labute approximate surface area is 204 Å². The molecular formula is C25H31N5O5. The first-order chi connectivity index (χ1) is 16.6. The smallest absolute Gasteiger partial charge is 0.410 e. The standard InChI is InChI=1S/C25H31N5O5/c1-25(2,3)35-24(33)29-14-19(23(32)34-4)9-20(15-29)28-22(31)10-21-12-27-16-30(21)13-18-7-5-17(11-26)6-8-18/h5-8,12,16,19-20H,9-10,13-15H2,1-4H3,(H,28,31)/t19-,20+/m1/s1. The van der Waals surface area contributed by atoms with Gasteiger partial charge in [-0.2, -0.15) is 5.26 Å². The Morgan fingerprint density at radius 3 is 2.54 bits per heavy atom. The molecule has 0 radical (unpaired) electrons. The van der Waals surface area contributed by atoms with Crippen molar-refractivity contribution in [2.24, 2.45) is 5.92 Å². The first kappa shape index (κ1) is 25.7. The van der Waals surface area contributed by atoms with E-state index in [1.54, 1.807) is 45.4 Å². The van der Waals surface area contributed by atoms with Gasteiger partial charge in [0.15, 0.2) is 0 Å². The van der Waals surface area contributed by atoms with Gasteiger partial charge in [-0.15, -0.1) is 0 Å². The molecule has 3 rings (SSSR count). The van der Waals surface area contributed by atoms with Crippen LogP contribution in [0.5, 0.6) is 0 Å². The van der Waals surface area contributed by atoms with Crippen LogP contribution in [0.2, 0.25) is 0 Å². The number of carbonyl (C=O) groups excluding carboxylic acids is 3. The van der Waals surface area contributed by atoms with Crippen LogP contribution in [-0.4, -0.2) is 64.3 Å². The number of nitrogens with one attached hydrogen (secondary N) is 1. The molecule has 1 saturated heterocycles. The van der Waals surface area contributed by atoms with Gasteiger partial charge < -0.3 is 24.3 Å². The normalized spacial score (nSPS) is 17.9. The number of carbonyl (C=O) groups is 3. The molecular weight excluding hydrogens is 450 g/mol. The van der Waals surface area contributed by atoms with Gasteiger partial charge in [-0.05, 0) is 44.9 Å². The van der Waals surface area contributed by atoms with Crippen LogP contribution in [0, 0.1) is 17.2 Å². The number of likely N-dealkylation sites (tertiary alicyclic amines) is 1. The Morgan fingerprint density at radius 2 is 1.91 bits per heavy atom. The predicted molar refractivity (Wildman–Crippen MR) is 126 cm³/mol. The van der Waals surface area contributed by atoms with Gasteiger partial charge in [0.1, 0.15) is 5.60 Å². The fourth-order valence-corrected chi connectivity index (χ4v) is 3.98. The maximum atomic E-state index is 12.9. The van der Waals surface area contributed by atoms with Crippen LogP contribution in [0.15, 0.2) is 36.8 Å². The van der Waals surface area contributed by atoms with Gasteiger partial charge >= 0.3 is 12.1 Å². The quantitative estimate of drug-likeness (QED) is 0.627. The molecule has 2 heterocycles. The van der Waals surface area contributed by atoms with E-state index in [0.717, 1.165) is 11.3 Å². The van der Waals surface area contributed by atoms with E-state index in [1.807, 2.05) is 16.7 Å². The number of nitrogens with zero attached hydrogens (tertiary/aromatic N) is 4. The highest BCUT2D eigenvalue weighted by molar-refractivity contribution is 5.79. The van der Waals surface area contributed by atoms with Crippen molar-refractivity contribution in [3.63, 3.8) is 0 Å². The second-order valence-corrected chi connectivity index (χ2v) is 9.60. The second-order valence-electron chi connectivity index (χ2n) is 9.60. The summed E-state index contributed by atoms with van der Waals surface area (Å²) in [6.07, 6.45) is 3.20. The highest BCUT2D eigenvalue weighted by Gasteiger charge is 2.36. The Balaban J connectivity index is 1.65. The predicted octanol–water partition coefficient (Wildman–Crippen LogP) is 2.26. The van der Waals surface area contributed by atoms with Gasteiger partial charge in [-0.25, -0.2) is 9.78 Å². The molecule has 1 aromatic heterocycles. The zero-order valence-corrected chi connectivity index (χ0v) is 20.5. The number of benzene rings is 1. The third-order valence-corrected chi connectivity index (χ3v) is 5.58. The molecule has 1 aliphatic heterocycles. The molecule has 2 atom stereocenters. The number of hydrogen-bond donors (Lipinski definition) is 1. The van der Waals surface area contributed by atoms with Gasteiger partial charge in [0, 0.05) is 37.6 Å². The topological polar surface area (TPSA) is 127 Å². The Bertz CT molecular complexity index is 1100. The molecule has 0 unspecified atom stereocenters. The lowest BCUT2D eigenvalue weighted by atomic mass is 9.94. The number of aromatic nitrogens is 2. The zero-order chi connectivity index (χ0) is 25.6. The van der Waals surface area contributed by atoms with E-state index >= 15 is 0 Å². The molecule has 2 aromatic rings. The number of ether oxygens (including phenoxy) is 2. The Hall–Kier alpha value is -3.87. The number of nitriles is 1. The summed E-state index contributed by atoms with van der Waals surface area (Å²) in [5.41, 5.74) is 1.60. The minimum Gasteiger partial charge on any atom is -0.469 e. The van der Waals surface area contributed by atoms with Crippen molar-refractivity contribution in [3.05, 3.63) is 53.6 Å². The summed E-state index contributed by atoms with van der Waals surface area (Å²) in [7, 11) is 1.30. The SMILES string of the molecule is COC(=O)[C@@H]1C[C@H](NC(=O)Cc2cncn2Cc2ccc(C#N)cc2)CN(C(=O)OC(C)(C)C)C1. The molecule has 0 aliphatic carbocycles. The number of imidazole rings is 1. The summed E-state index contributed by atoms with van der Waals surface area (Å²) in [5.74, 6) is -1.24. The third kappa shape index (κ3) is 7.30. The molecule has 2 amide bonds. The first-order valence-corrected chi connectivity index (χ1v) is 11.4. The van der Waals surface area contributed by atoms with E-state index in [4.69, 9.17) is 14.7 Å². The van der Waals surface area contributed by atoms with Crippen molar-refractivity contribution in [2.75, 3.05) is 20.2 Å². The van der Waals surface area contributed by atoms with Gasteiger partial charge in [0.2, 0.25) is 5.91 Å². The van der Waals surface area contributed by atoms with Crippen LogP contribution in [-0.2, 0) is 32.0 Å². The van der Waals surface area contributed by atoms with Gasteiger partial charge in [-0.1, -0.05) is 12.1 Å². The second kappa shape index (κ2) is 11.0. The van der Waals surface area contributed by atoms with Crippen LogP contribution in [0.4, 0.5) is 4.79 Å². The van der Waals surface area contributed by atoms with E-state index in [-0.39, 0.29) is 25.4 Å². The molecule has 186 valence electrons. The minimum atomic E-state index is -0.679. The molecule has 0 saturated carbocycles. The van der Waals surface area contributed by atoms with Crippen molar-refractivity contribution in [2.45, 2.75) is 51.8 Å². The van der Waals surface area contributed by atoms with Crippen molar-refractivity contribution in [3.8, 4) is 6.07 Å². The number of amides is 2. The van der Waals surface area contributed by atoms with E-state index < -0.39 is 29.6 Å². The van der Waals surface area contributed by atoms with Crippen LogP contribution in [0.25, 0.3) is 0 Å². The molecule has 10 nitrogen and oxygen atoms in total. The lowest BCUT2D eigenvalue weighted by Crippen LogP contribution is -2.55. The first-order valence-electron chi connectivity index (χ1n) is 11.4. The fourth-order valence-electron chi connectivity index (χ4n) is 3.98. The van der Waals surface area contributed by atoms with Crippen LogP contribution >= 0.6 is 0 Å². The Kier molecular flexibility index (Phi) is 8.12. The van der Waals surface area contributed by atoms with Crippen LogP contribution in [0.1, 0.15) is 44.0 Å². The number of piperidine rings is 1. The number of rotatable bonds is 6. The van der Waals surface area contributed by atoms with E-state index in [2.05, 4.69) is 16.4 Å². The number of esters is 1. The highest BCUT2D eigenvalue weighted by Crippen LogP contribution is 2.21. The lowest BCUT2D eigenvalue weighted by Gasteiger charge is -2.37. The van der Waals surface area contributed by atoms with E-state index in [1.165, 1.54) is 12.0 Å². The average Bonchev–Trinajstić information content (AvgIpc) is 3.23. The monoisotopic (exact) mass is 481 g/mol. The Morgan fingerprint density at radius 1 is 1.20 bits per heavy atom. The zero-order valence-electron chi connectivity index (χ0n) is 20.5. The van der Waals surface area contributed by atoms with Crippen molar-refractivity contribution < 1.29 is 23.9 Å². The molecule has 0 spiro atoms. The van der Waals surface area contributed by atoms with Crippen molar-refractivity contribution in [1.29, 1.82) is 5.26 Å². The number of hydrogen-bond acceptors (Lipinski definition) is 7. The molecule has 0 bridgehead atoms. The molecule has 1 aromatic carbocycles. The van der Waals surface area contributed by atoms with Crippen molar-refractivity contribution in [1.82, 2.24) is 19.8 Å². The maximum Gasteiger partial charge on any atom is 0.410 e. The van der Waals surface area contributed by atoms with Gasteiger partial charge in [-0.3, -0.25) is 9.59 Å². The highest BCUT2D eigenvalue weighted by atomic mass is 16.6. The summed E-state index contributed by atoms with van der Waals surface area (Å²) in [5, 5.41) is 11.9. The third-order valence-electron chi connectivity index (χ3n) is 5.58. The summed E-state index contributed by atoms with van der Waals surface area (Å²) < 4.78 is 12.2. The van der Waals surface area contributed by atoms with Crippen molar-refractivity contribution >= 4 is 18.0 Å². The molecule has 1 aliphatic rings. The summed E-state index contributed by atoms with van der Waals surface area (Å²) in [6.45, 7) is 6.23. The minimum absolute atomic E-state index is 0.0854. The summed E-state index contributed by atoms with van der Waals surface area (Å²) >= 11 is 0. The van der Waals surface area contributed by atoms with E-state index in [9.17, 15) is 14.4 Å². The maximum absolute atomic E-state index is 12.9. The molecule has 10 heteroatoms. The van der Waals surface area contributed by atoms with Crippen LogP contribution in [0.3, 0.4) is 0 Å². The molecule has 1 N–H and O–H groups in total. The molecule has 1 fully saturated rings. The van der Waals surface area contributed by atoms with E-state index in [0.29, 0.717) is 18.5 Å². The fraction of sp³-hybridized carbons (Fsp3) is 0.480. The largest absolute Gasteiger partial charge is 0.469 e. The van der Waals surface area contributed by atoms with Crippen LogP contribution < -0.4 is 5.32 Å². The number of methoxy groups -OCH3 is 1. The lowest BCUT2D eigenvalue weighted by molar-refractivity contribution is -0.147. The summed E-state index contributed by atoms with van der Waals surface area (Å²) in [6, 6.07) is 8.88. The summed E-state index contributed by atoms with van der Waals surface area (Å²) in [4.78, 5) is 43.3. The molecule has 35 heavy (non-hydrogen) atoms. The average molecular weight is 482 g/mol. The van der Waals surface area contributed by atoms with Gasteiger partial charge in [0.05, 0.1) is 37.4 Å². The van der Waals surface area contributed by atoms with Gasteiger partial charge in [0.25, 0.3) is 0 Å².